The monoisotopic (exact) mass is 240 g/mol. The van der Waals surface area contributed by atoms with E-state index >= 15 is 0 Å². The minimum atomic E-state index is -0.00528. The smallest absolute Gasteiger partial charge is 0.289 e. The summed E-state index contributed by atoms with van der Waals surface area (Å²) in [6.07, 6.45) is 1.93. The maximum absolute atomic E-state index is 12.1. The first kappa shape index (κ1) is 11.5. The van der Waals surface area contributed by atoms with Gasteiger partial charge in [-0.25, -0.2) is 0 Å². The Labute approximate surface area is 99.4 Å². The van der Waals surface area contributed by atoms with E-state index in [0.29, 0.717) is 5.76 Å². The molecule has 1 fully saturated rings. The summed E-state index contributed by atoms with van der Waals surface area (Å²) in [6.45, 7) is 4.49. The predicted octanol–water partition coefficient (Wildman–Crippen LogP) is 1.44. The number of carbonyl (C=O) groups is 1. The van der Waals surface area contributed by atoms with Crippen LogP contribution in [0.4, 0.5) is 0 Å². The molecule has 2 rings (SSSR count). The summed E-state index contributed by atoms with van der Waals surface area (Å²) in [5.74, 6) is 0.437. The predicted molar refractivity (Wildman–Crippen MR) is 63.9 cm³/mol. The van der Waals surface area contributed by atoms with Crippen molar-refractivity contribution in [2.45, 2.75) is 18.1 Å². The molecule has 0 radical (unpaired) electrons. The molecular weight excluding hydrogens is 224 g/mol. The van der Waals surface area contributed by atoms with Gasteiger partial charge in [0, 0.05) is 25.7 Å². The summed E-state index contributed by atoms with van der Waals surface area (Å²) in [5, 5.41) is 4.04. The number of thioether (sulfide) groups is 1. The van der Waals surface area contributed by atoms with E-state index < -0.39 is 0 Å². The Hall–Kier alpha value is -0.940. The number of furan rings is 1. The molecule has 0 saturated carbocycles. The fourth-order valence-electron chi connectivity index (χ4n) is 1.83. The molecule has 1 N–H and O–H groups in total. The molecule has 0 unspecified atom stereocenters. The molecule has 4 nitrogen and oxygen atoms in total. The summed E-state index contributed by atoms with van der Waals surface area (Å²) in [5.41, 5.74) is 0. The molecule has 0 aliphatic carbocycles. The number of hydrogen-bond donors (Lipinski definition) is 1. The van der Waals surface area contributed by atoms with Gasteiger partial charge in [-0.05, 0) is 25.3 Å². The molecule has 0 bridgehead atoms. The number of rotatable bonds is 2. The summed E-state index contributed by atoms with van der Waals surface area (Å²) in [7, 11) is 0. The maximum Gasteiger partial charge on any atom is 0.289 e. The number of amides is 1. The van der Waals surface area contributed by atoms with Crippen molar-refractivity contribution in [3.05, 3.63) is 17.9 Å². The van der Waals surface area contributed by atoms with E-state index in [1.807, 2.05) is 24.1 Å². The van der Waals surface area contributed by atoms with E-state index in [4.69, 9.17) is 4.42 Å². The number of nitrogens with zero attached hydrogens (tertiary/aromatic N) is 1. The molecule has 1 aliphatic heterocycles. The third kappa shape index (κ3) is 2.25. The third-order valence-corrected chi connectivity index (χ3v) is 3.38. The van der Waals surface area contributed by atoms with E-state index in [9.17, 15) is 4.79 Å². The largest absolute Gasteiger partial charge is 0.445 e. The lowest BCUT2D eigenvalue weighted by Gasteiger charge is -2.33. The highest BCUT2D eigenvalue weighted by molar-refractivity contribution is 7.98. The molecule has 88 valence electrons. The van der Waals surface area contributed by atoms with Gasteiger partial charge in [0.2, 0.25) is 0 Å². The van der Waals surface area contributed by atoms with Crippen molar-refractivity contribution in [3.63, 3.8) is 0 Å². The second kappa shape index (κ2) is 4.93. The van der Waals surface area contributed by atoms with Gasteiger partial charge in [-0.2, -0.15) is 0 Å². The van der Waals surface area contributed by atoms with Crippen molar-refractivity contribution < 1.29 is 9.21 Å². The van der Waals surface area contributed by atoms with Crippen LogP contribution in [0.3, 0.4) is 0 Å². The molecule has 5 heteroatoms. The van der Waals surface area contributed by atoms with Gasteiger partial charge in [-0.15, -0.1) is 0 Å². The van der Waals surface area contributed by atoms with Gasteiger partial charge in [0.05, 0.1) is 0 Å². The molecule has 1 atom stereocenters. The highest BCUT2D eigenvalue weighted by atomic mass is 32.2. The van der Waals surface area contributed by atoms with Crippen molar-refractivity contribution in [2.75, 3.05) is 25.9 Å². The molecule has 1 aromatic heterocycles. The Bertz CT molecular complexity index is 378. The molecule has 1 aromatic rings. The summed E-state index contributed by atoms with van der Waals surface area (Å²) < 4.78 is 5.45. The van der Waals surface area contributed by atoms with Crippen LogP contribution in [0.1, 0.15) is 17.5 Å². The van der Waals surface area contributed by atoms with Crippen LogP contribution < -0.4 is 5.32 Å². The van der Waals surface area contributed by atoms with E-state index in [2.05, 4.69) is 5.32 Å². The molecule has 1 aliphatic rings. The first-order valence-electron chi connectivity index (χ1n) is 5.38. The van der Waals surface area contributed by atoms with Gasteiger partial charge < -0.3 is 14.6 Å². The van der Waals surface area contributed by atoms with Crippen LogP contribution in [0, 0.1) is 0 Å². The highest BCUT2D eigenvalue weighted by Gasteiger charge is 2.25. The van der Waals surface area contributed by atoms with E-state index in [0.717, 1.165) is 24.7 Å². The lowest BCUT2D eigenvalue weighted by molar-refractivity contribution is 0.0618. The van der Waals surface area contributed by atoms with Gasteiger partial charge >= 0.3 is 0 Å². The molecule has 0 aromatic carbocycles. The first-order chi connectivity index (χ1) is 7.72. The van der Waals surface area contributed by atoms with Crippen molar-refractivity contribution in [1.29, 1.82) is 0 Å². The molecular formula is C11H16N2O2S. The second-order valence-electron chi connectivity index (χ2n) is 3.87. The van der Waals surface area contributed by atoms with Crippen molar-refractivity contribution in [3.8, 4) is 0 Å². The van der Waals surface area contributed by atoms with E-state index in [1.165, 1.54) is 11.8 Å². The summed E-state index contributed by atoms with van der Waals surface area (Å²) in [4.78, 5) is 14.0. The molecule has 1 saturated heterocycles. The number of carbonyl (C=O) groups excluding carboxylic acids is 1. The van der Waals surface area contributed by atoms with Gasteiger partial charge in [-0.3, -0.25) is 4.79 Å². The Kier molecular flexibility index (Phi) is 3.56. The molecule has 1 amide bonds. The molecule has 2 heterocycles. The average molecular weight is 240 g/mol. The number of nitrogens with one attached hydrogen (secondary N) is 1. The summed E-state index contributed by atoms with van der Waals surface area (Å²) >= 11 is 1.50. The minimum absolute atomic E-state index is 0.00528. The van der Waals surface area contributed by atoms with Crippen LogP contribution in [-0.4, -0.2) is 42.7 Å². The Morgan fingerprint density at radius 1 is 1.62 bits per heavy atom. The van der Waals surface area contributed by atoms with Crippen LogP contribution in [-0.2, 0) is 0 Å². The summed E-state index contributed by atoms with van der Waals surface area (Å²) in [6, 6.07) is 3.82. The minimum Gasteiger partial charge on any atom is -0.445 e. The van der Waals surface area contributed by atoms with Gasteiger partial charge in [0.15, 0.2) is 10.9 Å². The lowest BCUT2D eigenvalue weighted by atomic mass is 10.2. The number of hydrogen-bond acceptors (Lipinski definition) is 4. The van der Waals surface area contributed by atoms with Crippen LogP contribution in [0.2, 0.25) is 0 Å². The normalized spacial score (nSPS) is 21.1. The van der Waals surface area contributed by atoms with Gasteiger partial charge in [0.25, 0.3) is 5.91 Å². The average Bonchev–Trinajstić information content (AvgIpc) is 2.77. The molecule has 16 heavy (non-hydrogen) atoms. The van der Waals surface area contributed by atoms with Crippen LogP contribution >= 0.6 is 11.8 Å². The fourth-order valence-corrected chi connectivity index (χ4v) is 2.21. The topological polar surface area (TPSA) is 45.5 Å². The SMILES string of the molecule is CSc1ccc(C(=O)N2CCNC[C@@H]2C)o1. The quantitative estimate of drug-likeness (QED) is 0.794. The Balaban J connectivity index is 2.11. The molecule has 0 spiro atoms. The third-order valence-electron chi connectivity index (χ3n) is 2.76. The maximum atomic E-state index is 12.1. The van der Waals surface area contributed by atoms with Crippen LogP contribution in [0.15, 0.2) is 21.6 Å². The van der Waals surface area contributed by atoms with Crippen LogP contribution in [0.25, 0.3) is 0 Å². The lowest BCUT2D eigenvalue weighted by Crippen LogP contribution is -2.52. The zero-order valence-corrected chi connectivity index (χ0v) is 10.3. The van der Waals surface area contributed by atoms with Crippen molar-refractivity contribution >= 4 is 17.7 Å². The fraction of sp³-hybridized carbons (Fsp3) is 0.545. The zero-order valence-electron chi connectivity index (χ0n) is 9.53. The van der Waals surface area contributed by atoms with Gasteiger partial charge in [0.1, 0.15) is 0 Å². The highest BCUT2D eigenvalue weighted by Crippen LogP contribution is 2.20. The Morgan fingerprint density at radius 2 is 2.44 bits per heavy atom. The zero-order chi connectivity index (χ0) is 11.5. The van der Waals surface area contributed by atoms with Crippen molar-refractivity contribution in [2.24, 2.45) is 0 Å². The standard InChI is InChI=1S/C11H16N2O2S/c1-8-7-12-5-6-13(8)11(14)9-3-4-10(15-9)16-2/h3-4,8,12H,5-7H2,1-2H3/t8-/m0/s1. The number of piperazine rings is 1. The second-order valence-corrected chi connectivity index (χ2v) is 4.69. The van der Waals surface area contributed by atoms with Crippen molar-refractivity contribution in [1.82, 2.24) is 10.2 Å². The van der Waals surface area contributed by atoms with Crippen LogP contribution in [0.5, 0.6) is 0 Å². The van der Waals surface area contributed by atoms with E-state index in [1.54, 1.807) is 6.07 Å². The first-order valence-corrected chi connectivity index (χ1v) is 6.60. The Morgan fingerprint density at radius 3 is 3.06 bits per heavy atom. The van der Waals surface area contributed by atoms with E-state index in [-0.39, 0.29) is 11.9 Å². The van der Waals surface area contributed by atoms with Gasteiger partial charge in [-0.1, -0.05) is 11.8 Å².